The van der Waals surface area contributed by atoms with Gasteiger partial charge in [-0.3, -0.25) is 9.48 Å². The van der Waals surface area contributed by atoms with Crippen LogP contribution in [0.2, 0.25) is 0 Å². The van der Waals surface area contributed by atoms with E-state index in [9.17, 15) is 13.2 Å². The summed E-state index contributed by atoms with van der Waals surface area (Å²) in [5.41, 5.74) is 1.72. The summed E-state index contributed by atoms with van der Waals surface area (Å²) >= 11 is 0. The fourth-order valence-corrected chi connectivity index (χ4v) is 4.42. The second-order valence-electron chi connectivity index (χ2n) is 5.10. The summed E-state index contributed by atoms with van der Waals surface area (Å²) < 4.78 is 25.5. The number of carbonyl (C=O) groups is 1. The predicted octanol–water partition coefficient (Wildman–Crippen LogP) is 1.06. The largest absolute Gasteiger partial charge is 0.298 e. The van der Waals surface area contributed by atoms with E-state index in [1.54, 1.807) is 11.7 Å². The number of ketones is 1. The van der Waals surface area contributed by atoms with Crippen molar-refractivity contribution in [2.24, 2.45) is 7.05 Å². The lowest BCUT2D eigenvalue weighted by molar-refractivity contribution is -0.118. The molecular formula is C13H20N2O3S. The molecule has 1 fully saturated rings. The first-order chi connectivity index (χ1) is 8.94. The zero-order valence-corrected chi connectivity index (χ0v) is 12.2. The van der Waals surface area contributed by atoms with Crippen LogP contribution in [0.1, 0.15) is 37.6 Å². The van der Waals surface area contributed by atoms with E-state index in [1.165, 1.54) is 0 Å². The average molecular weight is 284 g/mol. The molecule has 0 N–H and O–H groups in total. The van der Waals surface area contributed by atoms with Gasteiger partial charge in [-0.2, -0.15) is 5.10 Å². The fourth-order valence-electron chi connectivity index (χ4n) is 2.52. The number of aromatic nitrogens is 2. The van der Waals surface area contributed by atoms with Crippen LogP contribution in [0.15, 0.2) is 6.07 Å². The third-order valence-corrected chi connectivity index (χ3v) is 5.91. The summed E-state index contributed by atoms with van der Waals surface area (Å²) in [6, 6.07) is 1.88. The second kappa shape index (κ2) is 5.45. The zero-order chi connectivity index (χ0) is 14.0. The Kier molecular flexibility index (Phi) is 4.08. The van der Waals surface area contributed by atoms with Crippen LogP contribution < -0.4 is 0 Å². The molecule has 0 aromatic carbocycles. The normalized spacial score (nSPS) is 22.3. The van der Waals surface area contributed by atoms with Crippen molar-refractivity contribution in [3.8, 4) is 0 Å². The summed E-state index contributed by atoms with van der Waals surface area (Å²) in [4.78, 5) is 12.2. The molecule has 6 heteroatoms. The van der Waals surface area contributed by atoms with Crippen LogP contribution in [-0.2, 0) is 34.5 Å². The molecule has 1 unspecified atom stereocenters. The summed E-state index contributed by atoms with van der Waals surface area (Å²) in [5, 5.41) is 3.47. The Hall–Kier alpha value is -1.17. The van der Waals surface area contributed by atoms with Gasteiger partial charge in [-0.1, -0.05) is 13.3 Å². The smallest absolute Gasteiger partial charge is 0.160 e. The van der Waals surface area contributed by atoms with Crippen molar-refractivity contribution in [2.75, 3.05) is 5.75 Å². The van der Waals surface area contributed by atoms with Gasteiger partial charge in [0.2, 0.25) is 0 Å². The van der Waals surface area contributed by atoms with E-state index in [2.05, 4.69) is 5.10 Å². The van der Waals surface area contributed by atoms with Crippen LogP contribution >= 0.6 is 0 Å². The number of sulfone groups is 1. The van der Waals surface area contributed by atoms with Gasteiger partial charge in [0, 0.05) is 19.2 Å². The molecule has 1 atom stereocenters. The molecule has 0 bridgehead atoms. The van der Waals surface area contributed by atoms with Crippen LogP contribution in [0.4, 0.5) is 0 Å². The average Bonchev–Trinajstić information content (AvgIpc) is 2.69. The molecule has 106 valence electrons. The first-order valence-corrected chi connectivity index (χ1v) is 8.41. The van der Waals surface area contributed by atoms with E-state index in [0.717, 1.165) is 24.2 Å². The molecule has 5 nitrogen and oxygen atoms in total. The highest BCUT2D eigenvalue weighted by Crippen LogP contribution is 2.21. The van der Waals surface area contributed by atoms with Crippen molar-refractivity contribution in [1.82, 2.24) is 9.78 Å². The third-order valence-electron chi connectivity index (χ3n) is 3.68. The monoisotopic (exact) mass is 284 g/mol. The molecule has 0 saturated carbocycles. The Bertz CT molecular complexity index is 575. The molecule has 1 aliphatic heterocycles. The van der Waals surface area contributed by atoms with Crippen molar-refractivity contribution in [2.45, 2.75) is 44.3 Å². The van der Waals surface area contributed by atoms with Crippen LogP contribution in [0.3, 0.4) is 0 Å². The molecule has 0 radical (unpaired) electrons. The van der Waals surface area contributed by atoms with Gasteiger partial charge in [0.15, 0.2) is 15.6 Å². The molecule has 1 aromatic heterocycles. The van der Waals surface area contributed by atoms with E-state index in [-0.39, 0.29) is 18.0 Å². The number of Topliss-reactive ketones (excluding diaryl/α,β-unsaturated/α-hetero) is 1. The van der Waals surface area contributed by atoms with Crippen molar-refractivity contribution >= 4 is 15.6 Å². The van der Waals surface area contributed by atoms with Gasteiger partial charge < -0.3 is 0 Å². The van der Waals surface area contributed by atoms with Gasteiger partial charge >= 0.3 is 0 Å². The molecule has 2 rings (SSSR count). The predicted molar refractivity (Wildman–Crippen MR) is 72.7 cm³/mol. The topological polar surface area (TPSA) is 69.0 Å². The van der Waals surface area contributed by atoms with E-state index in [0.29, 0.717) is 12.8 Å². The highest BCUT2D eigenvalue weighted by Gasteiger charge is 2.34. The number of aryl methyl sites for hydroxylation is 2. The molecule has 19 heavy (non-hydrogen) atoms. The summed E-state index contributed by atoms with van der Waals surface area (Å²) in [6.45, 7) is 2.00. The second-order valence-corrected chi connectivity index (χ2v) is 7.40. The van der Waals surface area contributed by atoms with E-state index in [4.69, 9.17) is 0 Å². The SMILES string of the molecule is CCc1cc(CC(=O)C2CCCCS2(=O)=O)n(C)n1. The van der Waals surface area contributed by atoms with Crippen LogP contribution in [0.25, 0.3) is 0 Å². The molecule has 1 aliphatic rings. The van der Waals surface area contributed by atoms with Gasteiger partial charge in [0.25, 0.3) is 0 Å². The molecule has 1 saturated heterocycles. The highest BCUT2D eigenvalue weighted by molar-refractivity contribution is 7.92. The Morgan fingerprint density at radius 1 is 1.47 bits per heavy atom. The van der Waals surface area contributed by atoms with E-state index >= 15 is 0 Å². The Balaban J connectivity index is 2.14. The minimum absolute atomic E-state index is 0.148. The van der Waals surface area contributed by atoms with E-state index < -0.39 is 15.1 Å². The Labute approximate surface area is 113 Å². The van der Waals surface area contributed by atoms with Crippen LogP contribution in [0.5, 0.6) is 0 Å². The molecule has 0 aliphatic carbocycles. The molecule has 2 heterocycles. The summed E-state index contributed by atoms with van der Waals surface area (Å²) in [5.74, 6) is -0.0417. The Morgan fingerprint density at radius 3 is 2.79 bits per heavy atom. The summed E-state index contributed by atoms with van der Waals surface area (Å²) in [6.07, 6.45) is 2.94. The van der Waals surface area contributed by atoms with Crippen LogP contribution in [-0.4, -0.2) is 35.0 Å². The first-order valence-electron chi connectivity index (χ1n) is 6.70. The van der Waals surface area contributed by atoms with Gasteiger partial charge in [0.1, 0.15) is 5.25 Å². The number of rotatable bonds is 4. The number of nitrogens with zero attached hydrogens (tertiary/aromatic N) is 2. The van der Waals surface area contributed by atoms with Gasteiger partial charge in [-0.15, -0.1) is 0 Å². The quantitative estimate of drug-likeness (QED) is 0.829. The van der Waals surface area contributed by atoms with Crippen molar-refractivity contribution in [3.05, 3.63) is 17.5 Å². The number of hydrogen-bond donors (Lipinski definition) is 0. The lowest BCUT2D eigenvalue weighted by Crippen LogP contribution is -2.36. The molecule has 0 spiro atoms. The maximum Gasteiger partial charge on any atom is 0.160 e. The van der Waals surface area contributed by atoms with Gasteiger partial charge in [-0.05, 0) is 25.3 Å². The molecule has 0 amide bonds. The minimum atomic E-state index is -3.23. The van der Waals surface area contributed by atoms with Crippen LogP contribution in [0, 0.1) is 0 Å². The number of carbonyl (C=O) groups excluding carboxylic acids is 1. The summed E-state index contributed by atoms with van der Waals surface area (Å²) in [7, 11) is -1.44. The van der Waals surface area contributed by atoms with Gasteiger partial charge in [0.05, 0.1) is 11.4 Å². The standard InChI is InChI=1S/C13H20N2O3S/c1-3-10-8-11(15(2)14-10)9-12(16)13-6-4-5-7-19(13,17)18/h8,13H,3-7,9H2,1-2H3. The van der Waals surface area contributed by atoms with E-state index in [1.807, 2.05) is 13.0 Å². The lowest BCUT2D eigenvalue weighted by atomic mass is 10.1. The van der Waals surface area contributed by atoms with Crippen molar-refractivity contribution in [1.29, 1.82) is 0 Å². The van der Waals surface area contributed by atoms with Crippen molar-refractivity contribution < 1.29 is 13.2 Å². The zero-order valence-electron chi connectivity index (χ0n) is 11.4. The third kappa shape index (κ3) is 3.05. The first kappa shape index (κ1) is 14.2. The van der Waals surface area contributed by atoms with Gasteiger partial charge in [-0.25, -0.2) is 8.42 Å². The lowest BCUT2D eigenvalue weighted by Gasteiger charge is -2.20. The molecule has 1 aromatic rings. The van der Waals surface area contributed by atoms with Crippen molar-refractivity contribution in [3.63, 3.8) is 0 Å². The molecular weight excluding hydrogens is 264 g/mol. The maximum absolute atomic E-state index is 12.2. The maximum atomic E-state index is 12.2. The number of hydrogen-bond acceptors (Lipinski definition) is 4. The minimum Gasteiger partial charge on any atom is -0.298 e. The fraction of sp³-hybridized carbons (Fsp3) is 0.692. The highest BCUT2D eigenvalue weighted by atomic mass is 32.2. The Morgan fingerprint density at radius 2 is 2.21 bits per heavy atom.